The average Bonchev–Trinajstić information content (AvgIpc) is 3.13. The van der Waals surface area contributed by atoms with Crippen molar-refractivity contribution >= 4 is 17.6 Å². The fourth-order valence-corrected chi connectivity index (χ4v) is 6.12. The van der Waals surface area contributed by atoms with Crippen molar-refractivity contribution in [1.29, 1.82) is 10.5 Å². The number of nitrogens with zero attached hydrogens (tertiary/aromatic N) is 4. The van der Waals surface area contributed by atoms with Crippen LogP contribution in [0.25, 0.3) is 0 Å². The second-order valence-corrected chi connectivity index (χ2v) is 8.55. The van der Waals surface area contributed by atoms with Crippen LogP contribution in [0.3, 0.4) is 0 Å². The van der Waals surface area contributed by atoms with Crippen molar-refractivity contribution in [3.8, 4) is 12.1 Å². The molecule has 5 aliphatic rings. The van der Waals surface area contributed by atoms with E-state index in [4.69, 9.17) is 10.00 Å². The summed E-state index contributed by atoms with van der Waals surface area (Å²) in [7, 11) is 0. The van der Waals surface area contributed by atoms with Gasteiger partial charge in [-0.3, -0.25) is 9.98 Å². The summed E-state index contributed by atoms with van der Waals surface area (Å²) in [5, 5.41) is 22.1. The molecule has 0 radical (unpaired) electrons. The van der Waals surface area contributed by atoms with E-state index in [1.54, 1.807) is 6.20 Å². The molecule has 5 atom stereocenters. The number of rotatable bonds is 5. The number of ether oxygens (including phenoxy) is 1. The van der Waals surface area contributed by atoms with Gasteiger partial charge in [-0.2, -0.15) is 10.5 Å². The molecular formula is C21H23N5O. The molecule has 0 aromatic carbocycles. The summed E-state index contributed by atoms with van der Waals surface area (Å²) in [6.07, 6.45) is 10.5. The molecular weight excluding hydrogens is 338 g/mol. The molecule has 1 N–H and O–H groups in total. The minimum atomic E-state index is -0.0259. The highest BCUT2D eigenvalue weighted by Gasteiger charge is 2.56. The molecule has 3 unspecified atom stereocenters. The lowest BCUT2D eigenvalue weighted by Gasteiger charge is -2.59. The fourth-order valence-electron chi connectivity index (χ4n) is 6.12. The van der Waals surface area contributed by atoms with E-state index in [2.05, 4.69) is 27.4 Å². The van der Waals surface area contributed by atoms with E-state index in [1.165, 1.54) is 12.8 Å². The average molecular weight is 361 g/mol. The maximum absolute atomic E-state index is 9.56. The normalized spacial score (nSPS) is 34.9. The highest BCUT2D eigenvalue weighted by atomic mass is 16.5. The minimum Gasteiger partial charge on any atom is -0.379 e. The third kappa shape index (κ3) is 2.71. The first-order valence-corrected chi connectivity index (χ1v) is 9.93. The zero-order chi connectivity index (χ0) is 18.4. The lowest BCUT2D eigenvalue weighted by atomic mass is 9.52. The second kappa shape index (κ2) is 6.32. The number of nitrogens with one attached hydrogen (secondary N) is 1. The number of aliphatic imine (C=N–C) groups is 1. The maximum atomic E-state index is 9.56. The molecule has 0 spiro atoms. The number of fused-ring (bicyclic) bond motifs is 1. The lowest BCUT2D eigenvalue weighted by molar-refractivity contribution is -0.165. The largest absolute Gasteiger partial charge is 0.379 e. The Hall–Kier alpha value is -2.44. The zero-order valence-electron chi connectivity index (χ0n) is 15.3. The summed E-state index contributed by atoms with van der Waals surface area (Å²) in [4.78, 5) is 8.89. The molecule has 4 aliphatic carbocycles. The van der Waals surface area contributed by atoms with Gasteiger partial charge in [-0.05, 0) is 49.9 Å². The Kier molecular flexibility index (Phi) is 3.91. The van der Waals surface area contributed by atoms with Gasteiger partial charge in [-0.1, -0.05) is 0 Å². The number of pyridine rings is 1. The monoisotopic (exact) mass is 361 g/mol. The topological polar surface area (TPSA) is 94.1 Å². The predicted molar refractivity (Wildman–Crippen MR) is 101 cm³/mol. The first-order valence-electron chi connectivity index (χ1n) is 9.93. The van der Waals surface area contributed by atoms with Gasteiger partial charge in [-0.15, -0.1) is 0 Å². The Labute approximate surface area is 159 Å². The van der Waals surface area contributed by atoms with E-state index in [9.17, 15) is 5.26 Å². The summed E-state index contributed by atoms with van der Waals surface area (Å²) in [5.74, 6) is 1.84. The molecule has 4 bridgehead atoms. The molecule has 6 rings (SSSR count). The smallest absolute Gasteiger partial charge is 0.109 e. The Balaban J connectivity index is 1.40. The molecule has 6 nitrogen and oxygen atoms in total. The van der Waals surface area contributed by atoms with Gasteiger partial charge in [0.1, 0.15) is 11.8 Å². The summed E-state index contributed by atoms with van der Waals surface area (Å²) in [5.41, 5.74) is 3.23. The first kappa shape index (κ1) is 16.7. The van der Waals surface area contributed by atoms with E-state index < -0.39 is 0 Å². The summed E-state index contributed by atoms with van der Waals surface area (Å²) in [6, 6.07) is 4.84. The van der Waals surface area contributed by atoms with Gasteiger partial charge in [0.05, 0.1) is 41.6 Å². The molecule has 0 saturated heterocycles. The first-order chi connectivity index (χ1) is 13.2. The van der Waals surface area contributed by atoms with Crippen molar-refractivity contribution in [3.05, 3.63) is 17.5 Å². The van der Waals surface area contributed by atoms with Gasteiger partial charge in [0, 0.05) is 24.9 Å². The van der Waals surface area contributed by atoms with Crippen LogP contribution in [0.5, 0.6) is 0 Å². The number of nitriles is 2. The van der Waals surface area contributed by atoms with Crippen LogP contribution in [0, 0.1) is 40.4 Å². The van der Waals surface area contributed by atoms with Crippen LogP contribution in [-0.4, -0.2) is 29.4 Å². The molecule has 138 valence electrons. The van der Waals surface area contributed by atoms with Crippen LogP contribution in [0.4, 0.5) is 11.4 Å². The molecule has 4 saturated carbocycles. The highest BCUT2D eigenvalue weighted by Crippen LogP contribution is 2.58. The molecule has 27 heavy (non-hydrogen) atoms. The lowest BCUT2D eigenvalue weighted by Crippen LogP contribution is -2.60. The number of anilines is 1. The molecule has 4 fully saturated rings. The standard InChI is InChI=1S/C21H23N5O/c22-3-1-5-27-21-8-13-6-14(9-21)18(15(7-13)10-21)26-19-16(11-23)12-25-17-2-4-24-20(17)19/h4,12-15,18H,1-2,5-10H2,(H,25,26)/t13?,14-,15+,18?,21?. The number of hydrogen-bond donors (Lipinski definition) is 1. The SMILES string of the molecule is N#CCCOC12CC3C[C@H](C1)C(Nc1c(C#N)cnc4c1N=CC4)[C@@H](C3)C2. The Morgan fingerprint density at radius 2 is 2.04 bits per heavy atom. The Bertz CT molecular complexity index is 864. The van der Waals surface area contributed by atoms with Gasteiger partial charge in [0.25, 0.3) is 0 Å². The van der Waals surface area contributed by atoms with Crippen LogP contribution in [0.1, 0.15) is 49.8 Å². The van der Waals surface area contributed by atoms with Crippen LogP contribution in [0.2, 0.25) is 0 Å². The number of aromatic nitrogens is 1. The summed E-state index contributed by atoms with van der Waals surface area (Å²) >= 11 is 0. The van der Waals surface area contributed by atoms with Crippen molar-refractivity contribution in [2.45, 2.75) is 56.6 Å². The quantitative estimate of drug-likeness (QED) is 0.810. The number of hydrogen-bond acceptors (Lipinski definition) is 6. The van der Waals surface area contributed by atoms with Gasteiger partial charge in [0.15, 0.2) is 0 Å². The van der Waals surface area contributed by atoms with Gasteiger partial charge in [0.2, 0.25) is 0 Å². The summed E-state index contributed by atoms with van der Waals surface area (Å²) in [6.45, 7) is 0.548. The van der Waals surface area contributed by atoms with Gasteiger partial charge >= 0.3 is 0 Å². The maximum Gasteiger partial charge on any atom is 0.109 e. The van der Waals surface area contributed by atoms with Gasteiger partial charge in [-0.25, -0.2) is 0 Å². The van der Waals surface area contributed by atoms with E-state index in [-0.39, 0.29) is 5.60 Å². The van der Waals surface area contributed by atoms with Crippen molar-refractivity contribution < 1.29 is 4.74 Å². The van der Waals surface area contributed by atoms with Gasteiger partial charge < -0.3 is 10.1 Å². The van der Waals surface area contributed by atoms with Crippen molar-refractivity contribution in [3.63, 3.8) is 0 Å². The predicted octanol–water partition coefficient (Wildman–Crippen LogP) is 3.50. The molecule has 1 aromatic heterocycles. The molecule has 1 aromatic rings. The molecule has 1 aliphatic heterocycles. The minimum absolute atomic E-state index is 0.0259. The van der Waals surface area contributed by atoms with Crippen molar-refractivity contribution in [1.82, 2.24) is 4.98 Å². The van der Waals surface area contributed by atoms with Crippen LogP contribution in [0.15, 0.2) is 11.2 Å². The van der Waals surface area contributed by atoms with E-state index in [1.807, 2.05) is 6.21 Å². The van der Waals surface area contributed by atoms with Crippen LogP contribution < -0.4 is 5.32 Å². The third-order valence-corrected chi connectivity index (χ3v) is 6.90. The highest BCUT2D eigenvalue weighted by molar-refractivity contribution is 5.85. The molecule has 2 heterocycles. The second-order valence-electron chi connectivity index (χ2n) is 8.55. The zero-order valence-corrected chi connectivity index (χ0v) is 15.3. The van der Waals surface area contributed by atoms with E-state index >= 15 is 0 Å². The Morgan fingerprint density at radius 1 is 1.22 bits per heavy atom. The van der Waals surface area contributed by atoms with Crippen LogP contribution in [-0.2, 0) is 11.2 Å². The third-order valence-electron chi connectivity index (χ3n) is 6.90. The van der Waals surface area contributed by atoms with Crippen molar-refractivity contribution in [2.75, 3.05) is 11.9 Å². The molecule has 0 amide bonds. The van der Waals surface area contributed by atoms with Crippen molar-refractivity contribution in [2.24, 2.45) is 22.7 Å². The van der Waals surface area contributed by atoms with Crippen LogP contribution >= 0.6 is 0 Å². The Morgan fingerprint density at radius 3 is 2.78 bits per heavy atom. The van der Waals surface area contributed by atoms with E-state index in [0.717, 1.165) is 48.7 Å². The summed E-state index contributed by atoms with van der Waals surface area (Å²) < 4.78 is 6.26. The fraction of sp³-hybridized carbons (Fsp3) is 0.619. The van der Waals surface area contributed by atoms with E-state index in [0.29, 0.717) is 36.5 Å². The molecule has 6 heteroatoms.